The topological polar surface area (TPSA) is 94.0 Å². The van der Waals surface area contributed by atoms with Gasteiger partial charge in [-0.3, -0.25) is 9.59 Å². The van der Waals surface area contributed by atoms with Crippen molar-refractivity contribution in [1.82, 2.24) is 10.6 Å². The van der Waals surface area contributed by atoms with Gasteiger partial charge in [0.2, 0.25) is 5.91 Å². The van der Waals surface area contributed by atoms with E-state index in [0.29, 0.717) is 5.56 Å². The van der Waals surface area contributed by atoms with E-state index in [-0.39, 0.29) is 30.3 Å². The van der Waals surface area contributed by atoms with Crippen LogP contribution < -0.4 is 16.0 Å². The average Bonchev–Trinajstić information content (AvgIpc) is 3.38. The second-order valence-corrected chi connectivity index (χ2v) is 7.15. The van der Waals surface area contributed by atoms with E-state index in [2.05, 4.69) is 22.0 Å². The molecule has 0 spiro atoms. The minimum atomic E-state index is -0.785. The van der Waals surface area contributed by atoms with Crippen LogP contribution in [0.2, 0.25) is 0 Å². The first kappa shape index (κ1) is 18.8. The van der Waals surface area contributed by atoms with Gasteiger partial charge in [0.25, 0.3) is 5.91 Å². The van der Waals surface area contributed by atoms with E-state index >= 15 is 0 Å². The highest BCUT2D eigenvalue weighted by Gasteiger charge is 2.42. The lowest BCUT2D eigenvalue weighted by Gasteiger charge is -2.23. The summed E-state index contributed by atoms with van der Waals surface area (Å²) in [6.45, 7) is 7.57. The molecule has 0 bridgehead atoms. The van der Waals surface area contributed by atoms with Crippen LogP contribution in [0, 0.1) is 24.2 Å². The smallest absolute Gasteiger partial charge is 0.251 e. The van der Waals surface area contributed by atoms with Gasteiger partial charge < -0.3 is 16.0 Å². The molecule has 1 aromatic rings. The summed E-state index contributed by atoms with van der Waals surface area (Å²) in [5, 5.41) is 18.0. The third-order valence-corrected chi connectivity index (χ3v) is 4.37. The quantitative estimate of drug-likeness (QED) is 0.709. The molecule has 0 radical (unpaired) electrons. The van der Waals surface area contributed by atoms with E-state index < -0.39 is 5.54 Å². The van der Waals surface area contributed by atoms with Gasteiger partial charge in [-0.05, 0) is 70.2 Å². The fourth-order valence-electron chi connectivity index (χ4n) is 2.74. The molecule has 1 fully saturated rings. The number of rotatable bonds is 7. The molecule has 0 aromatic heterocycles. The number of amides is 2. The van der Waals surface area contributed by atoms with E-state index in [1.807, 2.05) is 20.8 Å². The molecule has 0 saturated heterocycles. The van der Waals surface area contributed by atoms with Crippen molar-refractivity contribution in [1.29, 1.82) is 5.26 Å². The molecule has 0 heterocycles. The fourth-order valence-corrected chi connectivity index (χ4v) is 2.74. The van der Waals surface area contributed by atoms with Crippen molar-refractivity contribution in [3.05, 3.63) is 29.3 Å². The van der Waals surface area contributed by atoms with Crippen LogP contribution in [-0.2, 0) is 4.79 Å². The molecule has 2 rings (SSSR count). The molecule has 1 aromatic carbocycles. The van der Waals surface area contributed by atoms with E-state index in [4.69, 9.17) is 0 Å². The molecule has 25 heavy (non-hydrogen) atoms. The van der Waals surface area contributed by atoms with Crippen LogP contribution in [0.25, 0.3) is 0 Å². The maximum Gasteiger partial charge on any atom is 0.251 e. The summed E-state index contributed by atoms with van der Waals surface area (Å²) in [7, 11) is 0. The number of nitrogens with zero attached hydrogens (tertiary/aromatic N) is 1. The number of anilines is 1. The van der Waals surface area contributed by atoms with Crippen molar-refractivity contribution in [3.63, 3.8) is 0 Å². The highest BCUT2D eigenvalue weighted by Crippen LogP contribution is 2.39. The molecular formula is C19H26N4O2. The molecule has 1 saturated carbocycles. The van der Waals surface area contributed by atoms with E-state index in [9.17, 15) is 14.9 Å². The zero-order chi connectivity index (χ0) is 18.6. The Morgan fingerprint density at radius 1 is 1.36 bits per heavy atom. The van der Waals surface area contributed by atoms with Crippen molar-refractivity contribution in [3.8, 4) is 6.07 Å². The minimum absolute atomic E-state index is 0.0789. The number of aryl methyl sites for hydroxylation is 1. The number of carbonyl (C=O) groups is 2. The van der Waals surface area contributed by atoms with Crippen LogP contribution in [0.15, 0.2) is 18.2 Å². The molecule has 1 atom stereocenters. The maximum absolute atomic E-state index is 12.1. The Kier molecular flexibility index (Phi) is 5.68. The summed E-state index contributed by atoms with van der Waals surface area (Å²) in [5.74, 6) is -0.0736. The minimum Gasteiger partial charge on any atom is -0.376 e. The molecule has 6 nitrogen and oxygen atoms in total. The average molecular weight is 342 g/mol. The van der Waals surface area contributed by atoms with Crippen molar-refractivity contribution in [2.24, 2.45) is 5.92 Å². The number of nitrogens with one attached hydrogen (secondary N) is 3. The van der Waals surface area contributed by atoms with Crippen molar-refractivity contribution >= 4 is 17.5 Å². The summed E-state index contributed by atoms with van der Waals surface area (Å²) in [6, 6.07) is 7.61. The van der Waals surface area contributed by atoms with E-state index in [1.165, 1.54) is 0 Å². The molecule has 134 valence electrons. The normalized spacial score (nSPS) is 15.8. The third-order valence-electron chi connectivity index (χ3n) is 4.37. The standard InChI is InChI=1S/C19H26N4O2/c1-12(2)22-18(25)14-5-8-16(13(3)9-14)21-10-17(24)23-19(4,11-20)15-6-7-15/h5,8-9,12,15,21H,6-7,10H2,1-4H3,(H,22,25)(H,23,24)/t19-/m1/s1. The SMILES string of the molecule is Cc1cc(C(=O)NC(C)C)ccc1NCC(=O)N[C@](C)(C#N)C1CC1. The predicted molar refractivity (Wildman–Crippen MR) is 97.2 cm³/mol. The molecular weight excluding hydrogens is 316 g/mol. The van der Waals surface area contributed by atoms with Crippen LogP contribution in [0.3, 0.4) is 0 Å². The third kappa shape index (κ3) is 4.96. The second-order valence-electron chi connectivity index (χ2n) is 7.15. The highest BCUT2D eigenvalue weighted by molar-refractivity contribution is 5.95. The monoisotopic (exact) mass is 342 g/mol. The van der Waals surface area contributed by atoms with Gasteiger partial charge in [0, 0.05) is 17.3 Å². The Morgan fingerprint density at radius 3 is 2.56 bits per heavy atom. The molecule has 3 N–H and O–H groups in total. The first-order chi connectivity index (χ1) is 11.7. The Balaban J connectivity index is 1.93. The van der Waals surface area contributed by atoms with Crippen LogP contribution in [0.1, 0.15) is 49.5 Å². The Labute approximate surface area is 149 Å². The lowest BCUT2D eigenvalue weighted by atomic mass is 9.98. The first-order valence-electron chi connectivity index (χ1n) is 8.63. The molecule has 0 aliphatic heterocycles. The molecule has 1 aliphatic carbocycles. The Bertz CT molecular complexity index is 704. The number of hydrogen-bond acceptors (Lipinski definition) is 4. The number of benzene rings is 1. The zero-order valence-corrected chi connectivity index (χ0v) is 15.3. The first-order valence-corrected chi connectivity index (χ1v) is 8.63. The summed E-state index contributed by atoms with van der Waals surface area (Å²) in [4.78, 5) is 24.2. The summed E-state index contributed by atoms with van der Waals surface area (Å²) in [6.07, 6.45) is 1.97. The van der Waals surface area contributed by atoms with E-state index in [0.717, 1.165) is 24.1 Å². The fraction of sp³-hybridized carbons (Fsp3) is 0.526. The van der Waals surface area contributed by atoms with E-state index in [1.54, 1.807) is 25.1 Å². The number of hydrogen-bond donors (Lipinski definition) is 3. The maximum atomic E-state index is 12.1. The van der Waals surface area contributed by atoms with Gasteiger partial charge in [0.1, 0.15) is 5.54 Å². The molecule has 1 aliphatic rings. The van der Waals surface area contributed by atoms with Crippen LogP contribution in [-0.4, -0.2) is 29.9 Å². The molecule has 2 amide bonds. The van der Waals surface area contributed by atoms with Gasteiger partial charge >= 0.3 is 0 Å². The predicted octanol–water partition coefficient (Wildman–Crippen LogP) is 2.35. The number of nitriles is 1. The second kappa shape index (κ2) is 7.56. The summed E-state index contributed by atoms with van der Waals surface area (Å²) < 4.78 is 0. The molecule has 0 unspecified atom stereocenters. The highest BCUT2D eigenvalue weighted by atomic mass is 16.2. The Morgan fingerprint density at radius 2 is 2.04 bits per heavy atom. The Hall–Kier alpha value is -2.55. The molecule has 6 heteroatoms. The zero-order valence-electron chi connectivity index (χ0n) is 15.3. The van der Waals surface area contributed by atoms with Crippen LogP contribution in [0.4, 0.5) is 5.69 Å². The largest absolute Gasteiger partial charge is 0.376 e. The lowest BCUT2D eigenvalue weighted by molar-refractivity contribution is -0.120. The van der Waals surface area contributed by atoms with Crippen LogP contribution >= 0.6 is 0 Å². The summed E-state index contributed by atoms with van der Waals surface area (Å²) >= 11 is 0. The van der Waals surface area contributed by atoms with Crippen LogP contribution in [0.5, 0.6) is 0 Å². The van der Waals surface area contributed by atoms with Gasteiger partial charge in [-0.1, -0.05) is 0 Å². The van der Waals surface area contributed by atoms with Gasteiger partial charge in [0.05, 0.1) is 12.6 Å². The van der Waals surface area contributed by atoms with Crippen molar-refractivity contribution in [2.45, 2.75) is 52.1 Å². The summed E-state index contributed by atoms with van der Waals surface area (Å²) in [5.41, 5.74) is 1.48. The van der Waals surface area contributed by atoms with Crippen molar-refractivity contribution < 1.29 is 9.59 Å². The van der Waals surface area contributed by atoms with Gasteiger partial charge in [0.15, 0.2) is 0 Å². The van der Waals surface area contributed by atoms with Gasteiger partial charge in [-0.15, -0.1) is 0 Å². The lowest BCUT2D eigenvalue weighted by Crippen LogP contribution is -2.48. The number of carbonyl (C=O) groups excluding carboxylic acids is 2. The van der Waals surface area contributed by atoms with Crippen molar-refractivity contribution in [2.75, 3.05) is 11.9 Å². The van der Waals surface area contributed by atoms with Gasteiger partial charge in [-0.25, -0.2) is 0 Å². The van der Waals surface area contributed by atoms with Gasteiger partial charge in [-0.2, -0.15) is 5.26 Å².